The summed E-state index contributed by atoms with van der Waals surface area (Å²) in [6.45, 7) is 3.56. The third-order valence-electron chi connectivity index (χ3n) is 4.78. The molecule has 0 bridgehead atoms. The highest BCUT2D eigenvalue weighted by Crippen LogP contribution is 2.23. The summed E-state index contributed by atoms with van der Waals surface area (Å²) in [5.41, 5.74) is 3.67. The molecule has 4 rings (SSSR count). The predicted molar refractivity (Wildman–Crippen MR) is 105 cm³/mol. The van der Waals surface area contributed by atoms with Crippen LogP contribution in [0.4, 0.5) is 0 Å². The van der Waals surface area contributed by atoms with E-state index in [0.29, 0.717) is 10.9 Å². The van der Waals surface area contributed by atoms with Gasteiger partial charge in [-0.05, 0) is 43.2 Å². The van der Waals surface area contributed by atoms with Gasteiger partial charge in [0.15, 0.2) is 6.73 Å². The topological polar surface area (TPSA) is 87.0 Å². The van der Waals surface area contributed by atoms with Gasteiger partial charge in [0, 0.05) is 11.1 Å². The molecule has 2 aromatic carbocycles. The summed E-state index contributed by atoms with van der Waals surface area (Å²) in [5, 5.41) is 9.24. The standard InChI is InChI=1S/C21H18N4O3/c1-13-15-7-3-5-9-18(15)22-14(2)17(13)11-20(26)28-12-25-21(27)16-8-4-6-10-19(16)23-24-25/h3-10H,11-12H2,1-2H3. The summed E-state index contributed by atoms with van der Waals surface area (Å²) < 4.78 is 6.32. The minimum Gasteiger partial charge on any atom is -0.442 e. The Morgan fingerprint density at radius 3 is 2.46 bits per heavy atom. The molecule has 0 N–H and O–H groups in total. The smallest absolute Gasteiger partial charge is 0.312 e. The van der Waals surface area contributed by atoms with Crippen molar-refractivity contribution in [2.45, 2.75) is 27.0 Å². The van der Waals surface area contributed by atoms with E-state index >= 15 is 0 Å². The summed E-state index contributed by atoms with van der Waals surface area (Å²) in [4.78, 5) is 29.4. The van der Waals surface area contributed by atoms with Crippen molar-refractivity contribution in [2.75, 3.05) is 0 Å². The van der Waals surface area contributed by atoms with Gasteiger partial charge in [0.05, 0.1) is 17.3 Å². The summed E-state index contributed by atoms with van der Waals surface area (Å²) in [7, 11) is 0. The van der Waals surface area contributed by atoms with Crippen LogP contribution in [0.15, 0.2) is 53.3 Å². The number of benzene rings is 2. The van der Waals surface area contributed by atoms with E-state index in [1.54, 1.807) is 24.3 Å². The number of fused-ring (bicyclic) bond motifs is 2. The summed E-state index contributed by atoms with van der Waals surface area (Å²) in [6.07, 6.45) is 0.0747. The number of hydrogen-bond acceptors (Lipinski definition) is 6. The van der Waals surface area contributed by atoms with Crippen LogP contribution in [0.3, 0.4) is 0 Å². The van der Waals surface area contributed by atoms with Crippen molar-refractivity contribution in [2.24, 2.45) is 0 Å². The van der Waals surface area contributed by atoms with Crippen LogP contribution in [0.25, 0.3) is 21.8 Å². The fourth-order valence-corrected chi connectivity index (χ4v) is 3.27. The molecule has 7 nitrogen and oxygen atoms in total. The van der Waals surface area contributed by atoms with E-state index in [1.165, 1.54) is 0 Å². The highest BCUT2D eigenvalue weighted by Gasteiger charge is 2.15. The Morgan fingerprint density at radius 2 is 1.68 bits per heavy atom. The van der Waals surface area contributed by atoms with Gasteiger partial charge in [0.1, 0.15) is 5.52 Å². The second-order valence-electron chi connectivity index (χ2n) is 6.55. The second-order valence-corrected chi connectivity index (χ2v) is 6.55. The highest BCUT2D eigenvalue weighted by molar-refractivity contribution is 5.85. The third-order valence-corrected chi connectivity index (χ3v) is 4.78. The second kappa shape index (κ2) is 7.19. The zero-order valence-electron chi connectivity index (χ0n) is 15.5. The van der Waals surface area contributed by atoms with E-state index in [4.69, 9.17) is 4.74 Å². The van der Waals surface area contributed by atoms with E-state index in [2.05, 4.69) is 15.3 Å². The van der Waals surface area contributed by atoms with E-state index in [9.17, 15) is 9.59 Å². The Hall–Kier alpha value is -3.61. The molecule has 4 aromatic rings. The van der Waals surface area contributed by atoms with Gasteiger partial charge >= 0.3 is 5.97 Å². The van der Waals surface area contributed by atoms with Crippen molar-refractivity contribution >= 4 is 27.8 Å². The number of hydrogen-bond donors (Lipinski definition) is 0. The third kappa shape index (κ3) is 3.22. The van der Waals surface area contributed by atoms with Crippen LogP contribution in [-0.4, -0.2) is 25.9 Å². The van der Waals surface area contributed by atoms with Gasteiger partial charge in [-0.3, -0.25) is 14.6 Å². The maximum absolute atomic E-state index is 12.4. The summed E-state index contributed by atoms with van der Waals surface area (Å²) >= 11 is 0. The first kappa shape index (κ1) is 17.8. The molecule has 0 fully saturated rings. The van der Waals surface area contributed by atoms with Crippen molar-refractivity contribution in [1.82, 2.24) is 20.0 Å². The van der Waals surface area contributed by atoms with Crippen molar-refractivity contribution in [3.63, 3.8) is 0 Å². The number of aromatic nitrogens is 4. The van der Waals surface area contributed by atoms with Gasteiger partial charge < -0.3 is 4.74 Å². The molecule has 0 aliphatic rings. The Morgan fingerprint density at radius 1 is 1.00 bits per heavy atom. The van der Waals surface area contributed by atoms with Crippen LogP contribution >= 0.6 is 0 Å². The Kier molecular flexibility index (Phi) is 4.57. The number of para-hydroxylation sites is 1. The van der Waals surface area contributed by atoms with Crippen molar-refractivity contribution in [1.29, 1.82) is 0 Å². The largest absolute Gasteiger partial charge is 0.442 e. The molecule has 0 radical (unpaired) electrons. The quantitative estimate of drug-likeness (QED) is 0.511. The molecule has 0 atom stereocenters. The number of rotatable bonds is 4. The monoisotopic (exact) mass is 374 g/mol. The maximum atomic E-state index is 12.4. The first-order valence-corrected chi connectivity index (χ1v) is 8.87. The van der Waals surface area contributed by atoms with Crippen LogP contribution in [0.5, 0.6) is 0 Å². The van der Waals surface area contributed by atoms with Gasteiger partial charge in [-0.15, -0.1) is 5.10 Å². The number of esters is 1. The lowest BCUT2D eigenvalue weighted by molar-refractivity contribution is -0.147. The minimum atomic E-state index is -0.454. The van der Waals surface area contributed by atoms with Crippen LogP contribution in [0.2, 0.25) is 0 Å². The first-order chi connectivity index (χ1) is 13.5. The van der Waals surface area contributed by atoms with Gasteiger partial charge in [0.25, 0.3) is 5.56 Å². The zero-order chi connectivity index (χ0) is 19.7. The molecular formula is C21H18N4O3. The molecule has 0 aliphatic carbocycles. The molecule has 0 aliphatic heterocycles. The molecule has 0 saturated carbocycles. The molecule has 0 saturated heterocycles. The summed E-state index contributed by atoms with van der Waals surface area (Å²) in [6, 6.07) is 14.7. The van der Waals surface area contributed by atoms with Crippen LogP contribution < -0.4 is 5.56 Å². The van der Waals surface area contributed by atoms with Gasteiger partial charge in [-0.1, -0.05) is 35.5 Å². The molecule has 2 heterocycles. The minimum absolute atomic E-state index is 0.0747. The number of aryl methyl sites for hydroxylation is 2. The molecule has 28 heavy (non-hydrogen) atoms. The maximum Gasteiger partial charge on any atom is 0.312 e. The Balaban J connectivity index is 1.54. The molecule has 2 aromatic heterocycles. The molecule has 0 spiro atoms. The average molecular weight is 374 g/mol. The van der Waals surface area contributed by atoms with Crippen LogP contribution in [0, 0.1) is 13.8 Å². The lowest BCUT2D eigenvalue weighted by Gasteiger charge is -2.12. The SMILES string of the molecule is Cc1nc2ccccc2c(C)c1CC(=O)OCn1nnc2ccccc2c1=O. The zero-order valence-corrected chi connectivity index (χ0v) is 15.5. The van der Waals surface area contributed by atoms with Crippen molar-refractivity contribution in [3.05, 3.63) is 75.7 Å². The number of pyridine rings is 1. The van der Waals surface area contributed by atoms with E-state index in [1.807, 2.05) is 38.1 Å². The average Bonchev–Trinajstić information content (AvgIpc) is 2.71. The van der Waals surface area contributed by atoms with Crippen LogP contribution in [0.1, 0.15) is 16.8 Å². The molecule has 0 amide bonds. The van der Waals surface area contributed by atoms with Gasteiger partial charge in [0.2, 0.25) is 0 Å². The number of carbonyl (C=O) groups is 1. The molecule has 140 valence electrons. The number of carbonyl (C=O) groups excluding carboxylic acids is 1. The van der Waals surface area contributed by atoms with Crippen molar-refractivity contribution in [3.8, 4) is 0 Å². The Bertz CT molecular complexity index is 1260. The van der Waals surface area contributed by atoms with Crippen molar-refractivity contribution < 1.29 is 9.53 Å². The lowest BCUT2D eigenvalue weighted by Crippen LogP contribution is -2.27. The lowest BCUT2D eigenvalue weighted by atomic mass is 10.00. The van der Waals surface area contributed by atoms with E-state index in [0.717, 1.165) is 32.4 Å². The predicted octanol–water partition coefficient (Wildman–Crippen LogP) is 2.70. The van der Waals surface area contributed by atoms with E-state index < -0.39 is 5.97 Å². The van der Waals surface area contributed by atoms with Crippen LogP contribution in [-0.2, 0) is 22.7 Å². The highest BCUT2D eigenvalue weighted by atomic mass is 16.5. The normalized spacial score (nSPS) is 11.1. The van der Waals surface area contributed by atoms with Gasteiger partial charge in [-0.2, -0.15) is 4.68 Å². The van der Waals surface area contributed by atoms with E-state index in [-0.39, 0.29) is 18.7 Å². The summed E-state index contributed by atoms with van der Waals surface area (Å²) in [5.74, 6) is -0.454. The molecular weight excluding hydrogens is 356 g/mol. The fourth-order valence-electron chi connectivity index (χ4n) is 3.27. The molecule has 7 heteroatoms. The fraction of sp³-hybridized carbons (Fsp3) is 0.190. The van der Waals surface area contributed by atoms with Gasteiger partial charge in [-0.25, -0.2) is 0 Å². The first-order valence-electron chi connectivity index (χ1n) is 8.87. The number of ether oxygens (including phenoxy) is 1. The number of nitrogens with zero attached hydrogens (tertiary/aromatic N) is 4. The Labute approximate surface area is 160 Å². The molecule has 0 unspecified atom stereocenters.